The quantitative estimate of drug-likeness (QED) is 0.338. The number of hydrogen-bond acceptors (Lipinski definition) is 6. The first kappa shape index (κ1) is 24.4. The van der Waals surface area contributed by atoms with Crippen LogP contribution in [0.25, 0.3) is 27.7 Å². The molecule has 4 rings (SSSR count). The minimum absolute atomic E-state index is 0.0767. The smallest absolute Gasteiger partial charge is 0.309 e. The second-order valence-corrected chi connectivity index (χ2v) is 8.61. The number of nitrogens with zero attached hydrogens (tertiary/aromatic N) is 1. The summed E-state index contributed by atoms with van der Waals surface area (Å²) in [5.74, 6) is 1.01. The zero-order valence-corrected chi connectivity index (χ0v) is 20.6. The molecule has 2 heterocycles. The number of carbonyl (C=O) groups is 2. The number of rotatable bonds is 7. The van der Waals surface area contributed by atoms with E-state index in [-0.39, 0.29) is 17.8 Å². The standard InChI is InChI=1S/C28H31NO6/c1-5-34-28(31)19-9-11-29(12-10-19)27(30)13-18(2)22-15-23-24(17-35-26(23)16-25(22)33-4)20-7-6-8-21(14-20)32-3/h6-8,13-17,19H,5,9-12H2,1-4H3/b18-13+. The molecule has 0 unspecified atom stereocenters. The number of methoxy groups -OCH3 is 2. The molecule has 1 aliphatic heterocycles. The van der Waals surface area contributed by atoms with Crippen molar-refractivity contribution >= 4 is 28.4 Å². The number of hydrogen-bond donors (Lipinski definition) is 0. The molecule has 1 aromatic heterocycles. The van der Waals surface area contributed by atoms with E-state index >= 15 is 0 Å². The van der Waals surface area contributed by atoms with Crippen molar-refractivity contribution in [2.75, 3.05) is 33.9 Å². The van der Waals surface area contributed by atoms with Gasteiger partial charge in [0, 0.05) is 41.7 Å². The van der Waals surface area contributed by atoms with Gasteiger partial charge in [0.1, 0.15) is 17.1 Å². The Morgan fingerprint density at radius 3 is 2.57 bits per heavy atom. The number of amides is 1. The number of ether oxygens (including phenoxy) is 3. The molecule has 0 spiro atoms. The zero-order chi connectivity index (χ0) is 24.9. The third kappa shape index (κ3) is 5.19. The van der Waals surface area contributed by atoms with Gasteiger partial charge in [0.15, 0.2) is 0 Å². The first-order valence-corrected chi connectivity index (χ1v) is 11.8. The maximum atomic E-state index is 13.0. The molecule has 0 radical (unpaired) electrons. The van der Waals surface area contributed by atoms with Gasteiger partial charge in [-0.1, -0.05) is 12.1 Å². The average molecular weight is 478 g/mol. The van der Waals surface area contributed by atoms with Crippen molar-refractivity contribution in [1.29, 1.82) is 0 Å². The van der Waals surface area contributed by atoms with Crippen molar-refractivity contribution in [3.8, 4) is 22.6 Å². The molecule has 0 saturated carbocycles. The molecule has 3 aromatic rings. The number of benzene rings is 2. The summed E-state index contributed by atoms with van der Waals surface area (Å²) in [6.45, 7) is 5.15. The highest BCUT2D eigenvalue weighted by Crippen LogP contribution is 2.38. The molecular formula is C28H31NO6. The summed E-state index contributed by atoms with van der Waals surface area (Å²) in [4.78, 5) is 26.8. The van der Waals surface area contributed by atoms with Gasteiger partial charge < -0.3 is 23.5 Å². The van der Waals surface area contributed by atoms with Crippen LogP contribution < -0.4 is 9.47 Å². The highest BCUT2D eigenvalue weighted by Gasteiger charge is 2.27. The Bertz CT molecular complexity index is 1250. The predicted molar refractivity (Wildman–Crippen MR) is 134 cm³/mol. The first-order valence-electron chi connectivity index (χ1n) is 11.8. The van der Waals surface area contributed by atoms with E-state index in [1.165, 1.54) is 0 Å². The summed E-state index contributed by atoms with van der Waals surface area (Å²) in [6.07, 6.45) is 4.59. The Balaban J connectivity index is 1.59. The summed E-state index contributed by atoms with van der Waals surface area (Å²) in [5, 5.41) is 0.921. The maximum Gasteiger partial charge on any atom is 0.309 e. The van der Waals surface area contributed by atoms with Gasteiger partial charge in [-0.05, 0) is 56.0 Å². The molecule has 1 saturated heterocycles. The fraction of sp³-hybridized carbons (Fsp3) is 0.357. The van der Waals surface area contributed by atoms with E-state index in [9.17, 15) is 9.59 Å². The third-order valence-electron chi connectivity index (χ3n) is 6.47. The van der Waals surface area contributed by atoms with Gasteiger partial charge in [0.05, 0.1) is 33.0 Å². The van der Waals surface area contributed by atoms with Crippen LogP contribution in [0.15, 0.2) is 53.2 Å². The van der Waals surface area contributed by atoms with Crippen molar-refractivity contribution in [3.63, 3.8) is 0 Å². The molecule has 7 heteroatoms. The number of carbonyl (C=O) groups excluding carboxylic acids is 2. The molecule has 1 aliphatic rings. The van der Waals surface area contributed by atoms with Crippen LogP contribution in [0.4, 0.5) is 0 Å². The van der Waals surface area contributed by atoms with E-state index in [2.05, 4.69) is 0 Å². The third-order valence-corrected chi connectivity index (χ3v) is 6.47. The lowest BCUT2D eigenvalue weighted by atomic mass is 9.96. The van der Waals surface area contributed by atoms with Crippen molar-refractivity contribution in [2.24, 2.45) is 5.92 Å². The normalized spacial score (nSPS) is 14.7. The van der Waals surface area contributed by atoms with Gasteiger partial charge in [-0.15, -0.1) is 0 Å². The second kappa shape index (κ2) is 10.7. The Labute approximate surface area is 205 Å². The highest BCUT2D eigenvalue weighted by molar-refractivity contribution is 6.00. The van der Waals surface area contributed by atoms with E-state index in [0.717, 1.165) is 33.4 Å². The van der Waals surface area contributed by atoms with E-state index in [1.807, 2.05) is 43.3 Å². The molecule has 2 aromatic carbocycles. The summed E-state index contributed by atoms with van der Waals surface area (Å²) in [7, 11) is 3.24. The first-order chi connectivity index (χ1) is 16.9. The Morgan fingerprint density at radius 1 is 1.11 bits per heavy atom. The van der Waals surface area contributed by atoms with Crippen molar-refractivity contribution in [3.05, 3.63) is 54.3 Å². The SMILES string of the molecule is CCOC(=O)C1CCN(C(=O)/C=C(\C)c2cc3c(-c4cccc(OC)c4)coc3cc2OC)CC1. The van der Waals surface area contributed by atoms with Crippen LogP contribution >= 0.6 is 0 Å². The largest absolute Gasteiger partial charge is 0.497 e. The van der Waals surface area contributed by atoms with Crippen molar-refractivity contribution in [1.82, 2.24) is 4.90 Å². The lowest BCUT2D eigenvalue weighted by Crippen LogP contribution is -2.40. The van der Waals surface area contributed by atoms with Crippen LogP contribution in [-0.2, 0) is 14.3 Å². The number of esters is 1. The second-order valence-electron chi connectivity index (χ2n) is 8.61. The van der Waals surface area contributed by atoms with Crippen LogP contribution in [0.2, 0.25) is 0 Å². The summed E-state index contributed by atoms with van der Waals surface area (Å²) >= 11 is 0. The molecule has 0 aliphatic carbocycles. The fourth-order valence-corrected chi connectivity index (χ4v) is 4.50. The van der Waals surface area contributed by atoms with E-state index in [0.29, 0.717) is 43.9 Å². The van der Waals surface area contributed by atoms with Gasteiger partial charge in [-0.2, -0.15) is 0 Å². The van der Waals surface area contributed by atoms with Gasteiger partial charge in [-0.25, -0.2) is 0 Å². The monoisotopic (exact) mass is 477 g/mol. The number of fused-ring (bicyclic) bond motifs is 1. The minimum atomic E-state index is -0.170. The fourth-order valence-electron chi connectivity index (χ4n) is 4.50. The van der Waals surface area contributed by atoms with Crippen LogP contribution in [-0.4, -0.2) is 50.7 Å². The molecule has 35 heavy (non-hydrogen) atoms. The lowest BCUT2D eigenvalue weighted by Gasteiger charge is -2.30. The molecule has 0 N–H and O–H groups in total. The lowest BCUT2D eigenvalue weighted by molar-refractivity contribution is -0.150. The Hall–Kier alpha value is -3.74. The molecule has 7 nitrogen and oxygen atoms in total. The van der Waals surface area contributed by atoms with Gasteiger partial charge in [-0.3, -0.25) is 9.59 Å². The zero-order valence-electron chi connectivity index (χ0n) is 20.6. The minimum Gasteiger partial charge on any atom is -0.497 e. The number of allylic oxidation sites excluding steroid dienone is 1. The molecule has 1 amide bonds. The predicted octanol–water partition coefficient (Wildman–Crippen LogP) is 5.32. The summed E-state index contributed by atoms with van der Waals surface area (Å²) in [5.41, 5.74) is 4.22. The molecule has 0 bridgehead atoms. The van der Waals surface area contributed by atoms with Crippen LogP contribution in [0.3, 0.4) is 0 Å². The van der Waals surface area contributed by atoms with Gasteiger partial charge in [0.2, 0.25) is 5.91 Å². The number of likely N-dealkylation sites (tertiary alicyclic amines) is 1. The van der Waals surface area contributed by atoms with E-state index in [4.69, 9.17) is 18.6 Å². The molecule has 0 atom stereocenters. The summed E-state index contributed by atoms with van der Waals surface area (Å²) < 4.78 is 21.9. The van der Waals surface area contributed by atoms with Crippen molar-refractivity contribution < 1.29 is 28.2 Å². The average Bonchev–Trinajstić information content (AvgIpc) is 3.31. The molecular weight excluding hydrogens is 446 g/mol. The number of furan rings is 1. The van der Waals surface area contributed by atoms with Gasteiger partial charge in [0.25, 0.3) is 0 Å². The van der Waals surface area contributed by atoms with Crippen molar-refractivity contribution in [2.45, 2.75) is 26.7 Å². The topological polar surface area (TPSA) is 78.2 Å². The number of piperidine rings is 1. The van der Waals surface area contributed by atoms with E-state index < -0.39 is 0 Å². The van der Waals surface area contributed by atoms with E-state index in [1.54, 1.807) is 38.4 Å². The van der Waals surface area contributed by atoms with Crippen LogP contribution in [0.5, 0.6) is 11.5 Å². The highest BCUT2D eigenvalue weighted by atomic mass is 16.5. The molecule has 1 fully saturated rings. The summed E-state index contributed by atoms with van der Waals surface area (Å²) in [6, 6.07) is 11.6. The Morgan fingerprint density at radius 2 is 1.89 bits per heavy atom. The maximum absolute atomic E-state index is 13.0. The molecule has 184 valence electrons. The van der Waals surface area contributed by atoms with Gasteiger partial charge >= 0.3 is 5.97 Å². The van der Waals surface area contributed by atoms with Crippen LogP contribution in [0, 0.1) is 5.92 Å². The van der Waals surface area contributed by atoms with Crippen LogP contribution in [0.1, 0.15) is 32.3 Å². The Kier molecular flexibility index (Phi) is 7.44.